The highest BCUT2D eigenvalue weighted by Gasteiger charge is 2.13. The zero-order valence-electron chi connectivity index (χ0n) is 16.2. The lowest BCUT2D eigenvalue weighted by Gasteiger charge is -2.13. The van der Waals surface area contributed by atoms with Gasteiger partial charge in [-0.15, -0.1) is 0 Å². The lowest BCUT2D eigenvalue weighted by Crippen LogP contribution is -2.31. The molecular weight excluding hydrogens is 378 g/mol. The van der Waals surface area contributed by atoms with Gasteiger partial charge in [-0.3, -0.25) is 0 Å². The summed E-state index contributed by atoms with van der Waals surface area (Å²) in [6, 6.07) is 8.56. The number of imidazole rings is 1. The number of anilines is 1. The number of hydrogen-bond donors (Lipinski definition) is 2. The second-order valence-electron chi connectivity index (χ2n) is 6.85. The number of amides is 2. The number of nitrogens with zero attached hydrogens (tertiary/aromatic N) is 3. The summed E-state index contributed by atoms with van der Waals surface area (Å²) in [7, 11) is 1.54. The summed E-state index contributed by atoms with van der Waals surface area (Å²) in [5.41, 5.74) is 2.26. The van der Waals surface area contributed by atoms with E-state index >= 15 is 0 Å². The number of methoxy groups -OCH3 is 1. The van der Waals surface area contributed by atoms with Crippen molar-refractivity contribution in [3.05, 3.63) is 47.4 Å². The van der Waals surface area contributed by atoms with Crippen molar-refractivity contribution in [2.75, 3.05) is 19.0 Å². The minimum atomic E-state index is -0.329. The molecule has 3 rings (SSSR count). The molecule has 0 saturated heterocycles. The maximum Gasteiger partial charge on any atom is 0.319 e. The summed E-state index contributed by atoms with van der Waals surface area (Å²) in [6.07, 6.45) is 2.37. The summed E-state index contributed by atoms with van der Waals surface area (Å²) < 4.78 is 7.36. The minimum Gasteiger partial charge on any atom is -0.495 e. The first-order chi connectivity index (χ1) is 13.5. The number of hydrogen-bond acceptors (Lipinski definition) is 4. The summed E-state index contributed by atoms with van der Waals surface area (Å²) in [6.45, 7) is 5.58. The van der Waals surface area contributed by atoms with Crippen LogP contribution in [-0.4, -0.2) is 34.2 Å². The van der Waals surface area contributed by atoms with E-state index in [9.17, 15) is 4.79 Å². The first kappa shape index (κ1) is 19.9. The predicted molar refractivity (Wildman–Crippen MR) is 111 cm³/mol. The monoisotopic (exact) mass is 401 g/mol. The van der Waals surface area contributed by atoms with Crippen molar-refractivity contribution in [2.45, 2.75) is 26.8 Å². The molecule has 2 N–H and O–H groups in total. The largest absolute Gasteiger partial charge is 0.495 e. The third-order valence-corrected chi connectivity index (χ3v) is 4.41. The standard InChI is InChI=1S/C20H24ClN5O2/c1-13(2)12-26-18(24-15-5-4-9-22-19(15)26)8-10-23-20(27)25-16-11-14(21)6-7-17(16)28-3/h4-7,9,11,13H,8,10,12H2,1-3H3,(H2,23,25,27). The molecule has 2 aromatic heterocycles. The van der Waals surface area contributed by atoms with E-state index < -0.39 is 0 Å². The Hall–Kier alpha value is -2.80. The maximum absolute atomic E-state index is 12.3. The minimum absolute atomic E-state index is 0.329. The van der Waals surface area contributed by atoms with Crippen LogP contribution in [0.3, 0.4) is 0 Å². The number of fused-ring (bicyclic) bond motifs is 1. The van der Waals surface area contributed by atoms with Gasteiger partial charge in [-0.25, -0.2) is 14.8 Å². The highest BCUT2D eigenvalue weighted by Crippen LogP contribution is 2.27. The van der Waals surface area contributed by atoms with Crippen molar-refractivity contribution >= 4 is 34.5 Å². The van der Waals surface area contributed by atoms with Gasteiger partial charge in [0.1, 0.15) is 17.1 Å². The van der Waals surface area contributed by atoms with Gasteiger partial charge in [-0.05, 0) is 36.2 Å². The van der Waals surface area contributed by atoms with Crippen molar-refractivity contribution in [1.29, 1.82) is 0 Å². The Morgan fingerprint density at radius 3 is 2.89 bits per heavy atom. The van der Waals surface area contributed by atoms with Crippen LogP contribution < -0.4 is 15.4 Å². The molecule has 3 aromatic rings. The van der Waals surface area contributed by atoms with E-state index in [2.05, 4.69) is 39.0 Å². The SMILES string of the molecule is COc1ccc(Cl)cc1NC(=O)NCCc1nc2cccnc2n1CC(C)C. The van der Waals surface area contributed by atoms with Crippen molar-refractivity contribution < 1.29 is 9.53 Å². The molecule has 2 amide bonds. The molecule has 0 aliphatic rings. The molecule has 0 atom stereocenters. The first-order valence-electron chi connectivity index (χ1n) is 9.16. The van der Waals surface area contributed by atoms with Crippen LogP contribution in [0.2, 0.25) is 5.02 Å². The van der Waals surface area contributed by atoms with Crippen LogP contribution in [0.15, 0.2) is 36.5 Å². The van der Waals surface area contributed by atoms with Gasteiger partial charge in [0, 0.05) is 30.7 Å². The van der Waals surface area contributed by atoms with Crippen LogP contribution in [0, 0.1) is 5.92 Å². The van der Waals surface area contributed by atoms with Crippen molar-refractivity contribution in [3.63, 3.8) is 0 Å². The number of ether oxygens (including phenoxy) is 1. The number of rotatable bonds is 7. The number of pyridine rings is 1. The van der Waals surface area contributed by atoms with E-state index in [-0.39, 0.29) is 6.03 Å². The van der Waals surface area contributed by atoms with Crippen LogP contribution in [0.5, 0.6) is 5.75 Å². The Morgan fingerprint density at radius 1 is 1.32 bits per heavy atom. The molecule has 0 spiro atoms. The smallest absolute Gasteiger partial charge is 0.319 e. The van der Waals surface area contributed by atoms with Crippen LogP contribution in [0.1, 0.15) is 19.7 Å². The van der Waals surface area contributed by atoms with E-state index in [1.54, 1.807) is 31.5 Å². The highest BCUT2D eigenvalue weighted by atomic mass is 35.5. The normalized spacial score (nSPS) is 11.0. The van der Waals surface area contributed by atoms with Gasteiger partial charge in [0.15, 0.2) is 5.65 Å². The molecule has 8 heteroatoms. The summed E-state index contributed by atoms with van der Waals surface area (Å²) >= 11 is 5.99. The molecule has 0 fully saturated rings. The Labute approximate surface area is 169 Å². The third-order valence-electron chi connectivity index (χ3n) is 4.17. The fourth-order valence-electron chi connectivity index (χ4n) is 2.99. The summed E-state index contributed by atoms with van der Waals surface area (Å²) in [4.78, 5) is 21.4. The van der Waals surface area contributed by atoms with Crippen molar-refractivity contribution in [3.8, 4) is 5.75 Å². The number of urea groups is 1. The van der Waals surface area contributed by atoms with Crippen molar-refractivity contribution in [1.82, 2.24) is 19.9 Å². The molecular formula is C20H24ClN5O2. The molecule has 28 heavy (non-hydrogen) atoms. The molecule has 0 radical (unpaired) electrons. The second-order valence-corrected chi connectivity index (χ2v) is 7.29. The number of halogens is 1. The fraction of sp³-hybridized carbons (Fsp3) is 0.350. The Balaban J connectivity index is 1.65. The summed E-state index contributed by atoms with van der Waals surface area (Å²) in [5.74, 6) is 1.91. The van der Waals surface area contributed by atoms with Gasteiger partial charge in [0.05, 0.1) is 12.8 Å². The second kappa shape index (κ2) is 8.93. The third kappa shape index (κ3) is 4.72. The van der Waals surface area contributed by atoms with Gasteiger partial charge in [-0.1, -0.05) is 25.4 Å². The Bertz CT molecular complexity index is 970. The van der Waals surface area contributed by atoms with Gasteiger partial charge in [0.2, 0.25) is 0 Å². The zero-order chi connectivity index (χ0) is 20.1. The topological polar surface area (TPSA) is 81.1 Å². The van der Waals surface area contributed by atoms with Crippen LogP contribution in [0.25, 0.3) is 11.2 Å². The van der Waals surface area contributed by atoms with Gasteiger partial charge in [0.25, 0.3) is 0 Å². The van der Waals surface area contributed by atoms with E-state index in [0.717, 1.165) is 23.5 Å². The molecule has 0 bridgehead atoms. The molecule has 1 aromatic carbocycles. The molecule has 148 valence electrons. The summed E-state index contributed by atoms with van der Waals surface area (Å²) in [5, 5.41) is 6.14. The Morgan fingerprint density at radius 2 is 2.14 bits per heavy atom. The molecule has 0 aliphatic heterocycles. The van der Waals surface area contributed by atoms with E-state index in [4.69, 9.17) is 16.3 Å². The van der Waals surface area contributed by atoms with E-state index in [0.29, 0.717) is 35.3 Å². The average Bonchev–Trinajstić information content (AvgIpc) is 2.99. The highest BCUT2D eigenvalue weighted by molar-refractivity contribution is 6.31. The quantitative estimate of drug-likeness (QED) is 0.624. The van der Waals surface area contributed by atoms with Crippen LogP contribution in [0.4, 0.5) is 10.5 Å². The molecule has 7 nitrogen and oxygen atoms in total. The average molecular weight is 402 g/mol. The maximum atomic E-state index is 12.3. The zero-order valence-corrected chi connectivity index (χ0v) is 17.0. The van der Waals surface area contributed by atoms with Gasteiger partial charge >= 0.3 is 6.03 Å². The predicted octanol–water partition coefficient (Wildman–Crippen LogP) is 4.11. The van der Waals surface area contributed by atoms with E-state index in [1.807, 2.05) is 12.1 Å². The van der Waals surface area contributed by atoms with Crippen LogP contribution in [-0.2, 0) is 13.0 Å². The van der Waals surface area contributed by atoms with Gasteiger partial charge < -0.3 is 19.9 Å². The molecule has 0 unspecified atom stereocenters. The number of aromatic nitrogens is 3. The van der Waals surface area contributed by atoms with Crippen LogP contribution >= 0.6 is 11.6 Å². The fourth-order valence-corrected chi connectivity index (χ4v) is 3.16. The van der Waals surface area contributed by atoms with Crippen molar-refractivity contribution in [2.24, 2.45) is 5.92 Å². The Kier molecular flexibility index (Phi) is 6.36. The molecule has 2 heterocycles. The number of benzene rings is 1. The molecule has 0 aliphatic carbocycles. The number of carbonyl (C=O) groups is 1. The van der Waals surface area contributed by atoms with Gasteiger partial charge in [-0.2, -0.15) is 0 Å². The first-order valence-corrected chi connectivity index (χ1v) is 9.54. The number of nitrogens with one attached hydrogen (secondary N) is 2. The lowest BCUT2D eigenvalue weighted by molar-refractivity contribution is 0.252. The number of carbonyl (C=O) groups excluding carboxylic acids is 1. The van der Waals surface area contributed by atoms with E-state index in [1.165, 1.54) is 0 Å². The lowest BCUT2D eigenvalue weighted by atomic mass is 10.2. The molecule has 0 saturated carbocycles.